The number of ether oxygens (including phenoxy) is 2. The summed E-state index contributed by atoms with van der Waals surface area (Å²) in [6.45, 7) is 2.34. The summed E-state index contributed by atoms with van der Waals surface area (Å²) in [6.07, 6.45) is 0. The molecule has 33 heavy (non-hydrogen) atoms. The minimum Gasteiger partial charge on any atom is -0.493 e. The number of rotatable bonds is 7. The molecule has 1 aromatic heterocycles. The van der Waals surface area contributed by atoms with E-state index in [1.54, 1.807) is 26.4 Å². The van der Waals surface area contributed by atoms with Crippen LogP contribution >= 0.6 is 0 Å². The number of fused-ring (bicyclic) bond motifs is 1. The van der Waals surface area contributed by atoms with Crippen molar-refractivity contribution in [3.63, 3.8) is 0 Å². The van der Waals surface area contributed by atoms with E-state index < -0.39 is 10.0 Å². The lowest BCUT2D eigenvalue weighted by Crippen LogP contribution is -2.11. The van der Waals surface area contributed by atoms with Gasteiger partial charge < -0.3 is 14.8 Å². The van der Waals surface area contributed by atoms with E-state index in [2.05, 4.69) is 15.3 Å². The highest BCUT2D eigenvalue weighted by molar-refractivity contribution is 7.89. The first-order valence-corrected chi connectivity index (χ1v) is 11.7. The largest absolute Gasteiger partial charge is 0.493 e. The maximum absolute atomic E-state index is 11.7. The van der Waals surface area contributed by atoms with Crippen LogP contribution in [0.3, 0.4) is 0 Å². The molecule has 0 bridgehead atoms. The number of hydrogen-bond donors (Lipinski definition) is 2. The molecule has 0 amide bonds. The van der Waals surface area contributed by atoms with Gasteiger partial charge in [0.25, 0.3) is 0 Å². The highest BCUT2D eigenvalue weighted by Gasteiger charge is 2.13. The molecule has 0 spiro atoms. The molecule has 3 aromatic carbocycles. The SMILES string of the molecule is COc1cc2nc(C)nc(NCc3cccc(-c4cccc(S(N)(=O)=O)c4)c3)c2cc1OC. The van der Waals surface area contributed by atoms with Gasteiger partial charge in [0.1, 0.15) is 11.6 Å². The molecule has 4 aromatic rings. The zero-order valence-electron chi connectivity index (χ0n) is 18.5. The first-order chi connectivity index (χ1) is 15.8. The Kier molecular flexibility index (Phi) is 6.17. The molecule has 1 heterocycles. The molecule has 0 radical (unpaired) electrons. The summed E-state index contributed by atoms with van der Waals surface area (Å²) in [5.74, 6) is 2.51. The number of benzene rings is 3. The molecule has 0 unspecified atom stereocenters. The topological polar surface area (TPSA) is 116 Å². The van der Waals surface area contributed by atoms with Gasteiger partial charge in [-0.05, 0) is 47.9 Å². The van der Waals surface area contributed by atoms with Gasteiger partial charge in [0, 0.05) is 18.0 Å². The second-order valence-electron chi connectivity index (χ2n) is 7.47. The number of nitrogens with two attached hydrogens (primary N) is 1. The fraction of sp³-hybridized carbons (Fsp3) is 0.167. The van der Waals surface area contributed by atoms with Crippen molar-refractivity contribution in [2.75, 3.05) is 19.5 Å². The summed E-state index contributed by atoms with van der Waals surface area (Å²) in [5.41, 5.74) is 3.40. The van der Waals surface area contributed by atoms with Gasteiger partial charge in [-0.25, -0.2) is 23.5 Å². The third kappa shape index (κ3) is 4.89. The third-order valence-corrected chi connectivity index (χ3v) is 6.11. The number of aryl methyl sites for hydroxylation is 1. The van der Waals surface area contributed by atoms with Gasteiger partial charge >= 0.3 is 0 Å². The smallest absolute Gasteiger partial charge is 0.238 e. The van der Waals surface area contributed by atoms with Crippen LogP contribution in [0.15, 0.2) is 65.6 Å². The van der Waals surface area contributed by atoms with Gasteiger partial charge in [0.05, 0.1) is 24.6 Å². The van der Waals surface area contributed by atoms with Crippen LogP contribution in [0, 0.1) is 6.92 Å². The Labute approximate surface area is 192 Å². The molecular weight excluding hydrogens is 440 g/mol. The normalized spacial score (nSPS) is 11.4. The fourth-order valence-electron chi connectivity index (χ4n) is 3.61. The minimum absolute atomic E-state index is 0.0795. The highest BCUT2D eigenvalue weighted by atomic mass is 32.2. The quantitative estimate of drug-likeness (QED) is 0.426. The van der Waals surface area contributed by atoms with E-state index in [0.29, 0.717) is 29.7 Å². The van der Waals surface area contributed by atoms with E-state index in [9.17, 15) is 8.42 Å². The van der Waals surface area contributed by atoms with E-state index in [4.69, 9.17) is 14.6 Å². The molecule has 0 fully saturated rings. The van der Waals surface area contributed by atoms with Crippen molar-refractivity contribution in [2.45, 2.75) is 18.4 Å². The van der Waals surface area contributed by atoms with Gasteiger partial charge in [-0.2, -0.15) is 0 Å². The molecule has 0 saturated heterocycles. The van der Waals surface area contributed by atoms with E-state index in [0.717, 1.165) is 27.6 Å². The minimum atomic E-state index is -3.77. The zero-order chi connectivity index (χ0) is 23.6. The Bertz CT molecular complexity index is 1440. The third-order valence-electron chi connectivity index (χ3n) is 5.20. The van der Waals surface area contributed by atoms with Crippen LogP contribution in [-0.2, 0) is 16.6 Å². The van der Waals surface area contributed by atoms with Crippen molar-refractivity contribution in [3.05, 3.63) is 72.1 Å². The summed E-state index contributed by atoms with van der Waals surface area (Å²) >= 11 is 0. The standard InChI is InChI=1S/C24H24N4O4S/c1-15-27-21-13-23(32-3)22(31-2)12-20(21)24(28-15)26-14-16-6-4-7-17(10-16)18-8-5-9-19(11-18)33(25,29)30/h4-13H,14H2,1-3H3,(H2,25,29,30)(H,26,27,28). The van der Waals surface area contributed by atoms with Crippen molar-refractivity contribution in [2.24, 2.45) is 5.14 Å². The molecule has 9 heteroatoms. The molecule has 0 aliphatic carbocycles. The van der Waals surface area contributed by atoms with E-state index >= 15 is 0 Å². The number of hydrogen-bond acceptors (Lipinski definition) is 7. The molecule has 170 valence electrons. The molecule has 0 atom stereocenters. The van der Waals surface area contributed by atoms with Crippen molar-refractivity contribution in [1.29, 1.82) is 0 Å². The van der Waals surface area contributed by atoms with Crippen LogP contribution < -0.4 is 19.9 Å². The Morgan fingerprint density at radius 2 is 1.58 bits per heavy atom. The number of nitrogens with one attached hydrogen (secondary N) is 1. The first kappa shape index (κ1) is 22.5. The number of anilines is 1. The predicted molar refractivity (Wildman–Crippen MR) is 128 cm³/mol. The summed E-state index contributed by atoms with van der Waals surface area (Å²) in [4.78, 5) is 9.16. The summed E-state index contributed by atoms with van der Waals surface area (Å²) in [6, 6.07) is 18.1. The Morgan fingerprint density at radius 3 is 2.27 bits per heavy atom. The van der Waals surface area contributed by atoms with Crippen molar-refractivity contribution in [3.8, 4) is 22.6 Å². The lowest BCUT2D eigenvalue weighted by molar-refractivity contribution is 0.356. The number of primary sulfonamides is 1. The predicted octanol–water partition coefficient (Wildman–Crippen LogP) is 3.88. The summed E-state index contributed by atoms with van der Waals surface area (Å²) < 4.78 is 34.2. The molecule has 8 nitrogen and oxygen atoms in total. The monoisotopic (exact) mass is 464 g/mol. The number of nitrogens with zero attached hydrogens (tertiary/aromatic N) is 2. The molecule has 0 aliphatic rings. The van der Waals surface area contributed by atoms with Crippen LogP contribution in [0.2, 0.25) is 0 Å². The number of sulfonamides is 1. The molecule has 0 saturated carbocycles. The Balaban J connectivity index is 1.64. The lowest BCUT2D eigenvalue weighted by Gasteiger charge is -2.13. The molecule has 4 rings (SSSR count). The van der Waals surface area contributed by atoms with Gasteiger partial charge in [0.2, 0.25) is 10.0 Å². The second-order valence-corrected chi connectivity index (χ2v) is 9.03. The van der Waals surface area contributed by atoms with E-state index in [-0.39, 0.29) is 4.90 Å². The van der Waals surface area contributed by atoms with Crippen LogP contribution in [-0.4, -0.2) is 32.6 Å². The van der Waals surface area contributed by atoms with Gasteiger partial charge in [-0.1, -0.05) is 30.3 Å². The van der Waals surface area contributed by atoms with E-state index in [1.807, 2.05) is 49.4 Å². The second kappa shape index (κ2) is 9.05. The Morgan fingerprint density at radius 1 is 0.909 bits per heavy atom. The van der Waals surface area contributed by atoms with Crippen LogP contribution in [0.5, 0.6) is 11.5 Å². The first-order valence-electron chi connectivity index (χ1n) is 10.1. The zero-order valence-corrected chi connectivity index (χ0v) is 19.3. The molecule has 3 N–H and O–H groups in total. The van der Waals surface area contributed by atoms with Crippen molar-refractivity contribution >= 4 is 26.7 Å². The van der Waals surface area contributed by atoms with Crippen molar-refractivity contribution < 1.29 is 17.9 Å². The molecule has 0 aliphatic heterocycles. The van der Waals surface area contributed by atoms with Crippen molar-refractivity contribution in [1.82, 2.24) is 9.97 Å². The average Bonchev–Trinajstić information content (AvgIpc) is 2.81. The Hall–Kier alpha value is -3.69. The lowest BCUT2D eigenvalue weighted by atomic mass is 10.0. The van der Waals surface area contributed by atoms with Gasteiger partial charge in [-0.15, -0.1) is 0 Å². The highest BCUT2D eigenvalue weighted by Crippen LogP contribution is 2.34. The number of aromatic nitrogens is 2. The van der Waals surface area contributed by atoms with Gasteiger partial charge in [0.15, 0.2) is 11.5 Å². The number of methoxy groups -OCH3 is 2. The average molecular weight is 465 g/mol. The summed E-state index contributed by atoms with van der Waals surface area (Å²) in [5, 5.41) is 9.48. The van der Waals surface area contributed by atoms with Crippen LogP contribution in [0.1, 0.15) is 11.4 Å². The summed E-state index contributed by atoms with van der Waals surface area (Å²) in [7, 11) is -0.600. The van der Waals surface area contributed by atoms with Crippen LogP contribution in [0.25, 0.3) is 22.0 Å². The van der Waals surface area contributed by atoms with Crippen LogP contribution in [0.4, 0.5) is 5.82 Å². The fourth-order valence-corrected chi connectivity index (χ4v) is 4.17. The maximum atomic E-state index is 11.7. The van der Waals surface area contributed by atoms with E-state index in [1.165, 1.54) is 6.07 Å². The van der Waals surface area contributed by atoms with Gasteiger partial charge in [-0.3, -0.25) is 0 Å². The molecular formula is C24H24N4O4S. The maximum Gasteiger partial charge on any atom is 0.238 e.